The molecule has 0 bridgehead atoms. The van der Waals surface area contributed by atoms with E-state index in [4.69, 9.17) is 4.74 Å². The van der Waals surface area contributed by atoms with Gasteiger partial charge in [0.05, 0.1) is 17.1 Å². The molecule has 1 heterocycles. The topological polar surface area (TPSA) is 56.2 Å². The molecule has 0 aliphatic carbocycles. The summed E-state index contributed by atoms with van der Waals surface area (Å²) < 4.78 is 20.2. The van der Waals surface area contributed by atoms with E-state index in [9.17, 15) is 9.18 Å². The third-order valence-electron chi connectivity index (χ3n) is 4.18. The number of anilines is 1. The Morgan fingerprint density at radius 3 is 2.35 bits per heavy atom. The number of nitrogens with zero attached hydrogens (tertiary/aromatic N) is 2. The highest BCUT2D eigenvalue weighted by Crippen LogP contribution is 2.20. The Bertz CT molecular complexity index is 915. The van der Waals surface area contributed by atoms with Gasteiger partial charge in [0.25, 0.3) is 5.91 Å². The van der Waals surface area contributed by atoms with Gasteiger partial charge < -0.3 is 10.1 Å². The lowest BCUT2D eigenvalue weighted by Gasteiger charge is -2.08. The van der Waals surface area contributed by atoms with E-state index in [2.05, 4.69) is 10.4 Å². The van der Waals surface area contributed by atoms with Gasteiger partial charge in [-0.25, -0.2) is 4.39 Å². The van der Waals surface area contributed by atoms with Crippen LogP contribution < -0.4 is 10.1 Å². The molecule has 0 radical (unpaired) electrons. The van der Waals surface area contributed by atoms with Gasteiger partial charge >= 0.3 is 0 Å². The summed E-state index contributed by atoms with van der Waals surface area (Å²) in [5.41, 5.74) is 3.89. The van der Waals surface area contributed by atoms with Gasteiger partial charge in [-0.15, -0.1) is 0 Å². The molecule has 3 rings (SSSR count). The first-order valence-corrected chi connectivity index (χ1v) is 8.23. The van der Waals surface area contributed by atoms with Crippen LogP contribution in [-0.4, -0.2) is 15.7 Å². The third kappa shape index (κ3) is 3.91. The van der Waals surface area contributed by atoms with Crippen molar-refractivity contribution in [2.75, 3.05) is 5.32 Å². The summed E-state index contributed by atoms with van der Waals surface area (Å²) in [6.45, 7) is 4.11. The fourth-order valence-corrected chi connectivity index (χ4v) is 2.59. The fourth-order valence-electron chi connectivity index (χ4n) is 2.59. The molecule has 0 aliphatic rings. The number of nitrogens with one attached hydrogen (secondary N) is 1. The Morgan fingerprint density at radius 1 is 1.12 bits per heavy atom. The Morgan fingerprint density at radius 2 is 1.77 bits per heavy atom. The number of hydrogen-bond donors (Lipinski definition) is 1. The van der Waals surface area contributed by atoms with Gasteiger partial charge in [-0.1, -0.05) is 12.1 Å². The van der Waals surface area contributed by atoms with E-state index in [1.54, 1.807) is 28.9 Å². The molecular formula is C20H20FN3O2. The number of amides is 1. The van der Waals surface area contributed by atoms with Crippen molar-refractivity contribution >= 4 is 11.6 Å². The average molecular weight is 353 g/mol. The Hall–Kier alpha value is -3.15. The summed E-state index contributed by atoms with van der Waals surface area (Å²) in [6.07, 6.45) is 0. The molecule has 6 heteroatoms. The number of halogens is 1. The molecule has 2 aromatic carbocycles. The van der Waals surface area contributed by atoms with Crippen LogP contribution in [0, 0.1) is 19.7 Å². The van der Waals surface area contributed by atoms with Gasteiger partial charge in [0.2, 0.25) is 0 Å². The highest BCUT2D eigenvalue weighted by atomic mass is 19.1. The molecule has 0 aliphatic heterocycles. The number of benzene rings is 2. The molecule has 1 amide bonds. The van der Waals surface area contributed by atoms with Crippen LogP contribution >= 0.6 is 0 Å². The van der Waals surface area contributed by atoms with Gasteiger partial charge in [-0.05, 0) is 55.8 Å². The maximum absolute atomic E-state index is 12.9. The van der Waals surface area contributed by atoms with Crippen molar-refractivity contribution in [1.82, 2.24) is 9.78 Å². The molecule has 3 aromatic rings. The second-order valence-corrected chi connectivity index (χ2v) is 6.06. The first-order chi connectivity index (χ1) is 12.4. The van der Waals surface area contributed by atoms with Crippen molar-refractivity contribution < 1.29 is 13.9 Å². The predicted molar refractivity (Wildman–Crippen MR) is 97.8 cm³/mol. The van der Waals surface area contributed by atoms with Crippen LogP contribution in [0.4, 0.5) is 10.1 Å². The second kappa shape index (κ2) is 7.39. The number of rotatable bonds is 5. The number of aromatic nitrogens is 2. The zero-order valence-electron chi connectivity index (χ0n) is 14.9. The Kier molecular flexibility index (Phi) is 5.02. The quantitative estimate of drug-likeness (QED) is 0.754. The van der Waals surface area contributed by atoms with Crippen LogP contribution in [-0.2, 0) is 13.7 Å². The predicted octanol–water partition coefficient (Wildman–Crippen LogP) is 4.01. The van der Waals surface area contributed by atoms with Crippen molar-refractivity contribution in [1.29, 1.82) is 0 Å². The van der Waals surface area contributed by atoms with Crippen molar-refractivity contribution in [3.05, 3.63) is 76.9 Å². The number of carbonyl (C=O) groups excluding carboxylic acids is 1. The van der Waals surface area contributed by atoms with Crippen LogP contribution in [0.15, 0.2) is 48.5 Å². The number of aryl methyl sites for hydroxylation is 2. The molecule has 0 fully saturated rings. The molecule has 1 aromatic heterocycles. The monoisotopic (exact) mass is 353 g/mol. The van der Waals surface area contributed by atoms with Crippen molar-refractivity contribution in [2.24, 2.45) is 7.05 Å². The van der Waals surface area contributed by atoms with Crippen molar-refractivity contribution in [2.45, 2.75) is 20.5 Å². The summed E-state index contributed by atoms with van der Waals surface area (Å²) in [5.74, 6) is 0.109. The standard InChI is InChI=1S/C20H20FN3O2/c1-13-19(14(2)24(3)23-13)22-20(25)16-6-4-15(5-7-16)12-26-18-10-8-17(21)9-11-18/h4-11H,12H2,1-3H3,(H,22,25). The zero-order chi connectivity index (χ0) is 18.7. The van der Waals surface area contributed by atoms with Crippen LogP contribution in [0.2, 0.25) is 0 Å². The minimum atomic E-state index is -0.299. The van der Waals surface area contributed by atoms with E-state index in [1.807, 2.05) is 33.0 Å². The summed E-state index contributed by atoms with van der Waals surface area (Å²) in [5, 5.41) is 7.20. The number of ether oxygens (including phenoxy) is 1. The molecule has 0 unspecified atom stereocenters. The molecular weight excluding hydrogens is 333 g/mol. The van der Waals surface area contributed by atoms with Gasteiger partial charge in [-0.3, -0.25) is 9.48 Å². The lowest BCUT2D eigenvalue weighted by atomic mass is 10.1. The summed E-state index contributed by atoms with van der Waals surface area (Å²) >= 11 is 0. The lowest BCUT2D eigenvalue weighted by molar-refractivity contribution is 0.102. The SMILES string of the molecule is Cc1nn(C)c(C)c1NC(=O)c1ccc(COc2ccc(F)cc2)cc1. The van der Waals surface area contributed by atoms with Gasteiger partial charge in [0.1, 0.15) is 18.2 Å². The van der Waals surface area contributed by atoms with Gasteiger partial charge in [-0.2, -0.15) is 5.10 Å². The first-order valence-electron chi connectivity index (χ1n) is 8.23. The molecule has 1 N–H and O–H groups in total. The van der Waals surface area contributed by atoms with Crippen molar-refractivity contribution in [3.8, 4) is 5.75 Å². The maximum Gasteiger partial charge on any atom is 0.255 e. The van der Waals surface area contributed by atoms with Crippen LogP contribution in [0.1, 0.15) is 27.3 Å². The van der Waals surface area contributed by atoms with Crippen LogP contribution in [0.25, 0.3) is 0 Å². The molecule has 0 saturated heterocycles. The molecule has 0 atom stereocenters. The minimum absolute atomic E-state index is 0.185. The summed E-state index contributed by atoms with van der Waals surface area (Å²) in [4.78, 5) is 12.4. The van der Waals surface area contributed by atoms with E-state index in [0.717, 1.165) is 22.6 Å². The third-order valence-corrected chi connectivity index (χ3v) is 4.18. The van der Waals surface area contributed by atoms with Gasteiger partial charge in [0, 0.05) is 12.6 Å². The molecule has 5 nitrogen and oxygen atoms in total. The average Bonchev–Trinajstić information content (AvgIpc) is 2.88. The van der Waals surface area contributed by atoms with E-state index < -0.39 is 0 Å². The first kappa shape index (κ1) is 17.7. The normalized spacial score (nSPS) is 10.6. The van der Waals surface area contributed by atoms with E-state index in [1.165, 1.54) is 12.1 Å². The molecule has 0 spiro atoms. The zero-order valence-corrected chi connectivity index (χ0v) is 14.9. The van der Waals surface area contributed by atoms with E-state index in [-0.39, 0.29) is 11.7 Å². The van der Waals surface area contributed by atoms with E-state index in [0.29, 0.717) is 17.9 Å². The number of hydrogen-bond acceptors (Lipinski definition) is 3. The Balaban J connectivity index is 1.63. The van der Waals surface area contributed by atoms with Gasteiger partial charge in [0.15, 0.2) is 0 Å². The highest BCUT2D eigenvalue weighted by molar-refractivity contribution is 6.04. The second-order valence-electron chi connectivity index (χ2n) is 6.06. The van der Waals surface area contributed by atoms with Crippen LogP contribution in [0.3, 0.4) is 0 Å². The molecule has 26 heavy (non-hydrogen) atoms. The summed E-state index contributed by atoms with van der Waals surface area (Å²) in [6, 6.07) is 13.0. The Labute approximate surface area is 151 Å². The fraction of sp³-hybridized carbons (Fsp3) is 0.200. The molecule has 0 saturated carbocycles. The van der Waals surface area contributed by atoms with Crippen molar-refractivity contribution in [3.63, 3.8) is 0 Å². The van der Waals surface area contributed by atoms with Crippen LogP contribution in [0.5, 0.6) is 5.75 Å². The maximum atomic E-state index is 12.9. The molecule has 134 valence electrons. The highest BCUT2D eigenvalue weighted by Gasteiger charge is 2.13. The number of carbonyl (C=O) groups is 1. The summed E-state index contributed by atoms with van der Waals surface area (Å²) in [7, 11) is 1.84. The lowest BCUT2D eigenvalue weighted by Crippen LogP contribution is -2.13. The van der Waals surface area contributed by atoms with E-state index >= 15 is 0 Å². The minimum Gasteiger partial charge on any atom is -0.489 e. The smallest absolute Gasteiger partial charge is 0.255 e. The largest absolute Gasteiger partial charge is 0.489 e.